The molecule has 1 atom stereocenters. The third kappa shape index (κ3) is 7.85. The lowest BCUT2D eigenvalue weighted by Crippen LogP contribution is -2.53. The zero-order chi connectivity index (χ0) is 31.7. The molecule has 1 N–H and O–H groups in total. The van der Waals surface area contributed by atoms with Gasteiger partial charge in [0.1, 0.15) is 18.3 Å². The minimum atomic E-state index is -4.22. The molecule has 0 saturated carbocycles. The lowest BCUT2D eigenvalue weighted by molar-refractivity contribution is -0.140. The Balaban J connectivity index is 1.82. The molecule has 4 aromatic rings. The van der Waals surface area contributed by atoms with E-state index in [0.29, 0.717) is 12.3 Å². The molecular formula is C35H39N3O5S. The molecule has 230 valence electrons. The summed E-state index contributed by atoms with van der Waals surface area (Å²) in [4.78, 5) is 29.6. The number of nitrogens with one attached hydrogen (secondary N) is 1. The first-order valence-electron chi connectivity index (χ1n) is 14.5. The summed E-state index contributed by atoms with van der Waals surface area (Å²) in [7, 11) is -2.77. The largest absolute Gasteiger partial charge is 0.495 e. The number of likely N-dealkylation sites (N-methyl/N-ethyl adjacent to an activating group) is 1. The van der Waals surface area contributed by atoms with Crippen LogP contribution in [0.3, 0.4) is 0 Å². The Morgan fingerprint density at radius 3 is 2.00 bits per heavy atom. The van der Waals surface area contributed by atoms with E-state index in [4.69, 9.17) is 4.74 Å². The van der Waals surface area contributed by atoms with Gasteiger partial charge in [-0.1, -0.05) is 90.0 Å². The van der Waals surface area contributed by atoms with E-state index in [-0.39, 0.29) is 29.5 Å². The van der Waals surface area contributed by atoms with Gasteiger partial charge < -0.3 is 15.0 Å². The molecule has 0 heterocycles. The number of nitrogens with zero attached hydrogens (tertiary/aromatic N) is 2. The number of hydrogen-bond acceptors (Lipinski definition) is 5. The molecule has 0 aromatic heterocycles. The van der Waals surface area contributed by atoms with Crippen LogP contribution in [-0.2, 0) is 32.6 Å². The van der Waals surface area contributed by atoms with Crippen molar-refractivity contribution >= 4 is 27.5 Å². The van der Waals surface area contributed by atoms with Crippen LogP contribution in [0.15, 0.2) is 108 Å². The Labute approximate surface area is 260 Å². The molecule has 0 radical (unpaired) electrons. The highest BCUT2D eigenvalue weighted by atomic mass is 32.2. The first kappa shape index (κ1) is 32.3. The van der Waals surface area contributed by atoms with Gasteiger partial charge in [-0.3, -0.25) is 13.9 Å². The van der Waals surface area contributed by atoms with Crippen molar-refractivity contribution in [2.45, 2.75) is 44.7 Å². The smallest absolute Gasteiger partial charge is 0.264 e. The molecular weight excluding hydrogens is 574 g/mol. The zero-order valence-corrected chi connectivity index (χ0v) is 26.4. The van der Waals surface area contributed by atoms with Crippen LogP contribution in [0.25, 0.3) is 0 Å². The quantitative estimate of drug-likeness (QED) is 0.221. The molecule has 0 spiro atoms. The lowest BCUT2D eigenvalue weighted by Gasteiger charge is -2.34. The van der Waals surface area contributed by atoms with E-state index in [0.717, 1.165) is 26.6 Å². The predicted molar refractivity (Wildman–Crippen MR) is 173 cm³/mol. The van der Waals surface area contributed by atoms with Gasteiger partial charge in [-0.25, -0.2) is 8.42 Å². The Morgan fingerprint density at radius 2 is 1.39 bits per heavy atom. The number of carbonyl (C=O) groups excluding carboxylic acids is 2. The first-order valence-corrected chi connectivity index (χ1v) is 16.0. The number of para-hydroxylation sites is 2. The Hall–Kier alpha value is -4.63. The molecule has 4 aromatic carbocycles. The molecule has 0 fully saturated rings. The van der Waals surface area contributed by atoms with Crippen molar-refractivity contribution in [3.63, 3.8) is 0 Å². The van der Waals surface area contributed by atoms with Crippen molar-refractivity contribution in [1.29, 1.82) is 0 Å². The summed E-state index contributed by atoms with van der Waals surface area (Å²) in [6, 6.07) is 29.4. The fraction of sp³-hybridized carbons (Fsp3) is 0.257. The number of anilines is 1. The highest BCUT2D eigenvalue weighted by Gasteiger charge is 2.35. The van der Waals surface area contributed by atoms with Crippen molar-refractivity contribution in [2.24, 2.45) is 0 Å². The maximum absolute atomic E-state index is 14.5. The lowest BCUT2D eigenvalue weighted by atomic mass is 10.0. The number of benzene rings is 4. The summed E-state index contributed by atoms with van der Waals surface area (Å²) < 4.78 is 35.0. The summed E-state index contributed by atoms with van der Waals surface area (Å²) >= 11 is 0. The fourth-order valence-electron chi connectivity index (χ4n) is 4.92. The van der Waals surface area contributed by atoms with Gasteiger partial charge in [0.05, 0.1) is 17.7 Å². The van der Waals surface area contributed by atoms with Crippen LogP contribution in [0.5, 0.6) is 5.75 Å². The van der Waals surface area contributed by atoms with E-state index < -0.39 is 28.5 Å². The van der Waals surface area contributed by atoms with E-state index in [1.807, 2.05) is 75.4 Å². The molecule has 8 nitrogen and oxygen atoms in total. The maximum Gasteiger partial charge on any atom is 0.264 e. The van der Waals surface area contributed by atoms with Crippen molar-refractivity contribution in [3.05, 3.63) is 125 Å². The molecule has 0 aliphatic heterocycles. The van der Waals surface area contributed by atoms with Gasteiger partial charge in [-0.15, -0.1) is 0 Å². The SMILES string of the molecule is CCNC(=O)[C@H](Cc1ccccc1)N(Cc1ccc(C)cc1)C(=O)CN(c1ccccc1OC)S(=O)(=O)c1ccc(C)cc1. The summed E-state index contributed by atoms with van der Waals surface area (Å²) in [5.74, 6) is -0.549. The fourth-order valence-corrected chi connectivity index (χ4v) is 6.35. The molecule has 0 aliphatic rings. The van der Waals surface area contributed by atoms with Gasteiger partial charge in [-0.2, -0.15) is 0 Å². The topological polar surface area (TPSA) is 96.0 Å². The summed E-state index contributed by atoms with van der Waals surface area (Å²) in [6.45, 7) is 5.61. The summed E-state index contributed by atoms with van der Waals surface area (Å²) in [5.41, 5.74) is 3.87. The monoisotopic (exact) mass is 613 g/mol. The average Bonchev–Trinajstić information content (AvgIpc) is 3.03. The zero-order valence-electron chi connectivity index (χ0n) is 25.6. The van der Waals surface area contributed by atoms with E-state index in [1.54, 1.807) is 36.4 Å². The summed E-state index contributed by atoms with van der Waals surface area (Å²) in [6.07, 6.45) is 0.254. The normalized spacial score (nSPS) is 11.8. The van der Waals surface area contributed by atoms with Crippen LogP contribution >= 0.6 is 0 Å². The third-order valence-corrected chi connectivity index (χ3v) is 9.11. The van der Waals surface area contributed by atoms with E-state index in [2.05, 4.69) is 5.32 Å². The standard InChI is InChI=1S/C35H39N3O5S/c1-5-36-35(40)32(23-28-11-7-6-8-12-28)37(24-29-19-15-26(2)16-20-29)34(39)25-38(31-13-9-10-14-33(31)43-4)44(41,42)30-21-17-27(3)18-22-30/h6-22,32H,5,23-25H2,1-4H3,(H,36,40)/t32-/m0/s1. The Morgan fingerprint density at radius 1 is 0.795 bits per heavy atom. The molecule has 0 saturated heterocycles. The minimum Gasteiger partial charge on any atom is -0.495 e. The van der Waals surface area contributed by atoms with Crippen molar-refractivity contribution in [1.82, 2.24) is 10.2 Å². The van der Waals surface area contributed by atoms with Gasteiger partial charge in [0.15, 0.2) is 0 Å². The Bertz CT molecular complexity index is 1660. The van der Waals surface area contributed by atoms with Crippen LogP contribution in [0.4, 0.5) is 5.69 Å². The van der Waals surface area contributed by atoms with Gasteiger partial charge in [0.2, 0.25) is 11.8 Å². The van der Waals surface area contributed by atoms with Crippen LogP contribution in [0, 0.1) is 13.8 Å². The highest BCUT2D eigenvalue weighted by molar-refractivity contribution is 7.92. The van der Waals surface area contributed by atoms with E-state index in [9.17, 15) is 18.0 Å². The number of rotatable bonds is 13. The molecule has 44 heavy (non-hydrogen) atoms. The van der Waals surface area contributed by atoms with E-state index in [1.165, 1.54) is 24.1 Å². The minimum absolute atomic E-state index is 0.0384. The van der Waals surface area contributed by atoms with Crippen molar-refractivity contribution in [3.8, 4) is 5.75 Å². The number of aryl methyl sites for hydroxylation is 2. The van der Waals surface area contributed by atoms with Crippen LogP contribution in [0.1, 0.15) is 29.2 Å². The molecule has 0 unspecified atom stereocenters. The van der Waals surface area contributed by atoms with E-state index >= 15 is 0 Å². The van der Waals surface area contributed by atoms with Crippen LogP contribution in [0.2, 0.25) is 0 Å². The van der Waals surface area contributed by atoms with Gasteiger partial charge >= 0.3 is 0 Å². The molecule has 2 amide bonds. The number of ether oxygens (including phenoxy) is 1. The number of sulfonamides is 1. The number of hydrogen-bond donors (Lipinski definition) is 1. The maximum atomic E-state index is 14.5. The number of carbonyl (C=O) groups is 2. The summed E-state index contributed by atoms with van der Waals surface area (Å²) in [5, 5.41) is 2.88. The van der Waals surface area contributed by atoms with Crippen LogP contribution < -0.4 is 14.4 Å². The number of amides is 2. The molecule has 0 aliphatic carbocycles. The second-order valence-corrected chi connectivity index (χ2v) is 12.5. The van der Waals surface area contributed by atoms with Crippen molar-refractivity contribution in [2.75, 3.05) is 24.5 Å². The molecule has 9 heteroatoms. The van der Waals surface area contributed by atoms with Gasteiger partial charge in [0.25, 0.3) is 10.0 Å². The third-order valence-electron chi connectivity index (χ3n) is 7.34. The van der Waals surface area contributed by atoms with Gasteiger partial charge in [0, 0.05) is 19.5 Å². The average molecular weight is 614 g/mol. The highest BCUT2D eigenvalue weighted by Crippen LogP contribution is 2.32. The molecule has 4 rings (SSSR count). The second-order valence-electron chi connectivity index (χ2n) is 10.6. The van der Waals surface area contributed by atoms with Crippen LogP contribution in [-0.4, -0.2) is 51.4 Å². The molecule has 0 bridgehead atoms. The first-order chi connectivity index (χ1) is 21.1. The Kier molecular flexibility index (Phi) is 10.8. The predicted octanol–water partition coefficient (Wildman–Crippen LogP) is 5.28. The van der Waals surface area contributed by atoms with Crippen molar-refractivity contribution < 1.29 is 22.7 Å². The number of methoxy groups -OCH3 is 1. The van der Waals surface area contributed by atoms with Gasteiger partial charge in [-0.05, 0) is 56.2 Å². The second kappa shape index (κ2) is 14.7.